The largest absolute Gasteiger partial charge is 0.385 e. The summed E-state index contributed by atoms with van der Waals surface area (Å²) in [5.74, 6) is 0.893. The molecule has 29 heavy (non-hydrogen) atoms. The van der Waals surface area contributed by atoms with Crippen LogP contribution in [0.4, 0.5) is 0 Å². The van der Waals surface area contributed by atoms with E-state index in [9.17, 15) is 8.42 Å². The molecule has 2 N–H and O–H groups in total. The number of aliphatic imine (C=N–C) groups is 1. The Balaban J connectivity index is 0.00000420. The zero-order valence-corrected chi connectivity index (χ0v) is 20.8. The summed E-state index contributed by atoms with van der Waals surface area (Å²) >= 11 is 0. The number of sulfone groups is 1. The molecule has 0 atom stereocenters. The van der Waals surface area contributed by atoms with Gasteiger partial charge in [0.15, 0.2) is 15.8 Å². The minimum absolute atomic E-state index is 0. The number of halogens is 1. The van der Waals surface area contributed by atoms with Crippen LogP contribution in [-0.4, -0.2) is 53.5 Å². The highest BCUT2D eigenvalue weighted by Gasteiger charge is 2.33. The SMILES string of the molecule is CCNC(=NCC1(CCOC)CCCC1)NCCCS(=O)(=O)c1ccccc1.I. The quantitative estimate of drug-likeness (QED) is 0.195. The molecule has 0 heterocycles. The van der Waals surface area contributed by atoms with Crippen LogP contribution in [0.2, 0.25) is 0 Å². The lowest BCUT2D eigenvalue weighted by Gasteiger charge is -2.27. The monoisotopic (exact) mass is 537 g/mol. The van der Waals surface area contributed by atoms with Crippen LogP contribution in [0.3, 0.4) is 0 Å². The summed E-state index contributed by atoms with van der Waals surface area (Å²) in [7, 11) is -1.48. The number of rotatable bonds is 11. The van der Waals surface area contributed by atoms with Crippen molar-refractivity contribution in [3.8, 4) is 0 Å². The lowest BCUT2D eigenvalue weighted by atomic mass is 9.83. The number of methoxy groups -OCH3 is 1. The van der Waals surface area contributed by atoms with Gasteiger partial charge in [-0.1, -0.05) is 31.0 Å². The summed E-state index contributed by atoms with van der Waals surface area (Å²) in [6, 6.07) is 8.63. The molecular weight excluding hydrogens is 501 g/mol. The lowest BCUT2D eigenvalue weighted by Crippen LogP contribution is -2.39. The Kier molecular flexibility index (Phi) is 12.1. The number of nitrogens with one attached hydrogen (secondary N) is 2. The molecule has 2 rings (SSSR count). The average molecular weight is 538 g/mol. The molecule has 1 fully saturated rings. The molecule has 1 aromatic carbocycles. The van der Waals surface area contributed by atoms with Crippen molar-refractivity contribution < 1.29 is 13.2 Å². The van der Waals surface area contributed by atoms with Crippen molar-refractivity contribution in [2.75, 3.05) is 39.1 Å². The summed E-state index contributed by atoms with van der Waals surface area (Å²) in [6.07, 6.45) is 6.52. The molecule has 166 valence electrons. The Hall–Kier alpha value is -0.870. The normalized spacial score (nSPS) is 16.3. The Labute approximate surface area is 193 Å². The van der Waals surface area contributed by atoms with Gasteiger partial charge in [0, 0.05) is 33.4 Å². The molecule has 0 aliphatic heterocycles. The molecule has 8 heteroatoms. The second-order valence-electron chi connectivity index (χ2n) is 7.56. The van der Waals surface area contributed by atoms with E-state index in [-0.39, 0.29) is 35.1 Å². The number of benzene rings is 1. The molecule has 1 aromatic rings. The van der Waals surface area contributed by atoms with Crippen molar-refractivity contribution in [1.82, 2.24) is 10.6 Å². The Morgan fingerprint density at radius 1 is 1.17 bits per heavy atom. The van der Waals surface area contributed by atoms with Crippen LogP contribution < -0.4 is 10.6 Å². The van der Waals surface area contributed by atoms with Crippen LogP contribution in [0.5, 0.6) is 0 Å². The van der Waals surface area contributed by atoms with Gasteiger partial charge in [0.2, 0.25) is 0 Å². The van der Waals surface area contributed by atoms with Gasteiger partial charge in [0.05, 0.1) is 10.6 Å². The van der Waals surface area contributed by atoms with E-state index in [1.165, 1.54) is 25.7 Å². The molecule has 0 unspecified atom stereocenters. The van der Waals surface area contributed by atoms with Crippen LogP contribution in [-0.2, 0) is 14.6 Å². The average Bonchev–Trinajstić information content (AvgIpc) is 3.17. The molecule has 1 saturated carbocycles. The maximum Gasteiger partial charge on any atom is 0.191 e. The molecule has 0 saturated heterocycles. The van der Waals surface area contributed by atoms with E-state index in [0.717, 1.165) is 32.1 Å². The van der Waals surface area contributed by atoms with Crippen molar-refractivity contribution in [1.29, 1.82) is 0 Å². The van der Waals surface area contributed by atoms with E-state index in [1.54, 1.807) is 31.4 Å². The fourth-order valence-electron chi connectivity index (χ4n) is 3.73. The Morgan fingerprint density at radius 2 is 1.86 bits per heavy atom. The molecule has 0 aromatic heterocycles. The first-order chi connectivity index (χ1) is 13.5. The van der Waals surface area contributed by atoms with Crippen LogP contribution in [0, 0.1) is 5.41 Å². The van der Waals surface area contributed by atoms with Crippen molar-refractivity contribution in [3.05, 3.63) is 30.3 Å². The van der Waals surface area contributed by atoms with Crippen LogP contribution in [0.15, 0.2) is 40.2 Å². The highest BCUT2D eigenvalue weighted by atomic mass is 127. The topological polar surface area (TPSA) is 79.8 Å². The predicted octanol–water partition coefficient (Wildman–Crippen LogP) is 3.62. The fraction of sp³-hybridized carbons (Fsp3) is 0.667. The summed E-state index contributed by atoms with van der Waals surface area (Å²) in [5, 5.41) is 6.55. The maximum absolute atomic E-state index is 12.4. The maximum atomic E-state index is 12.4. The van der Waals surface area contributed by atoms with Crippen molar-refractivity contribution in [2.24, 2.45) is 10.4 Å². The highest BCUT2D eigenvalue weighted by Crippen LogP contribution is 2.41. The molecular formula is C21H36IN3O3S. The smallest absolute Gasteiger partial charge is 0.191 e. The Morgan fingerprint density at radius 3 is 2.48 bits per heavy atom. The highest BCUT2D eigenvalue weighted by molar-refractivity contribution is 14.0. The second kappa shape index (κ2) is 13.4. The van der Waals surface area contributed by atoms with Gasteiger partial charge in [0.25, 0.3) is 0 Å². The fourth-order valence-corrected chi connectivity index (χ4v) is 5.07. The first-order valence-electron chi connectivity index (χ1n) is 10.3. The summed E-state index contributed by atoms with van der Waals surface area (Å²) in [5.41, 5.74) is 0.245. The van der Waals surface area contributed by atoms with Crippen LogP contribution >= 0.6 is 24.0 Å². The third-order valence-electron chi connectivity index (χ3n) is 5.40. The Bertz CT molecular complexity index is 705. The minimum atomic E-state index is -3.23. The van der Waals surface area contributed by atoms with E-state index < -0.39 is 9.84 Å². The first kappa shape index (κ1) is 26.2. The van der Waals surface area contributed by atoms with Gasteiger partial charge >= 0.3 is 0 Å². The summed E-state index contributed by atoms with van der Waals surface area (Å²) in [4.78, 5) is 5.19. The number of nitrogens with zero attached hydrogens (tertiary/aromatic N) is 1. The van der Waals surface area contributed by atoms with Gasteiger partial charge in [-0.3, -0.25) is 4.99 Å². The van der Waals surface area contributed by atoms with Crippen LogP contribution in [0.1, 0.15) is 45.4 Å². The molecule has 1 aliphatic rings. The van der Waals surface area contributed by atoms with Gasteiger partial charge in [-0.2, -0.15) is 0 Å². The molecule has 0 spiro atoms. The standard InChI is InChI=1S/C21H35N3O3S.HI/c1-3-22-20(24-18-21(14-16-27-2)12-7-8-13-21)23-15-9-17-28(25,26)19-10-5-4-6-11-19;/h4-6,10-11H,3,7-9,12-18H2,1-2H3,(H2,22,23,24);1H. The van der Waals surface area contributed by atoms with E-state index in [1.807, 2.05) is 13.0 Å². The van der Waals surface area contributed by atoms with E-state index in [0.29, 0.717) is 17.9 Å². The number of guanidine groups is 1. The van der Waals surface area contributed by atoms with Gasteiger partial charge in [-0.25, -0.2) is 8.42 Å². The van der Waals surface area contributed by atoms with E-state index >= 15 is 0 Å². The van der Waals surface area contributed by atoms with Crippen LogP contribution in [0.25, 0.3) is 0 Å². The van der Waals surface area contributed by atoms with Gasteiger partial charge in [0.1, 0.15) is 0 Å². The third kappa shape index (κ3) is 8.80. The molecule has 0 bridgehead atoms. The first-order valence-corrected chi connectivity index (χ1v) is 12.0. The summed E-state index contributed by atoms with van der Waals surface area (Å²) in [6.45, 7) is 4.94. The zero-order valence-electron chi connectivity index (χ0n) is 17.7. The predicted molar refractivity (Wildman–Crippen MR) is 130 cm³/mol. The third-order valence-corrected chi connectivity index (χ3v) is 7.22. The molecule has 6 nitrogen and oxygen atoms in total. The zero-order chi connectivity index (χ0) is 20.3. The van der Waals surface area contributed by atoms with E-state index in [2.05, 4.69) is 10.6 Å². The van der Waals surface area contributed by atoms with Gasteiger partial charge in [-0.05, 0) is 50.2 Å². The lowest BCUT2D eigenvalue weighted by molar-refractivity contribution is 0.141. The minimum Gasteiger partial charge on any atom is -0.385 e. The molecule has 0 amide bonds. The molecule has 1 aliphatic carbocycles. The number of hydrogen-bond donors (Lipinski definition) is 2. The molecule has 0 radical (unpaired) electrons. The number of hydrogen-bond acceptors (Lipinski definition) is 4. The number of ether oxygens (including phenoxy) is 1. The van der Waals surface area contributed by atoms with Gasteiger partial charge < -0.3 is 15.4 Å². The van der Waals surface area contributed by atoms with Gasteiger partial charge in [-0.15, -0.1) is 24.0 Å². The van der Waals surface area contributed by atoms with Crippen molar-refractivity contribution >= 4 is 39.8 Å². The summed E-state index contributed by atoms with van der Waals surface area (Å²) < 4.78 is 30.0. The van der Waals surface area contributed by atoms with Crippen molar-refractivity contribution in [2.45, 2.75) is 50.3 Å². The van der Waals surface area contributed by atoms with Crippen molar-refractivity contribution in [3.63, 3.8) is 0 Å². The second-order valence-corrected chi connectivity index (χ2v) is 9.67. The van der Waals surface area contributed by atoms with E-state index in [4.69, 9.17) is 9.73 Å².